The van der Waals surface area contributed by atoms with Crippen LogP contribution in [0.25, 0.3) is 11.1 Å². The third kappa shape index (κ3) is 1.66. The van der Waals surface area contributed by atoms with E-state index in [0.717, 1.165) is 18.3 Å². The minimum absolute atomic E-state index is 0.663. The van der Waals surface area contributed by atoms with Gasteiger partial charge in [0.05, 0.1) is 0 Å². The van der Waals surface area contributed by atoms with Gasteiger partial charge in [-0.1, -0.05) is 0 Å². The Kier molecular flexibility index (Phi) is 2.47. The molecule has 86 valence electrons. The fourth-order valence-electron chi connectivity index (χ4n) is 1.90. The molecule has 17 heavy (non-hydrogen) atoms. The van der Waals surface area contributed by atoms with E-state index in [1.165, 1.54) is 0 Å². The van der Waals surface area contributed by atoms with Crippen LogP contribution in [0.3, 0.4) is 0 Å². The van der Waals surface area contributed by atoms with E-state index < -0.39 is 25.3 Å². The van der Waals surface area contributed by atoms with Gasteiger partial charge in [0, 0.05) is 0 Å². The molecule has 0 N–H and O–H groups in total. The second-order valence-electron chi connectivity index (χ2n) is 3.50. The summed E-state index contributed by atoms with van der Waals surface area (Å²) in [6, 6.07) is 15.6. The van der Waals surface area contributed by atoms with Gasteiger partial charge in [-0.05, 0) is 0 Å². The molecule has 0 saturated heterocycles. The summed E-state index contributed by atoms with van der Waals surface area (Å²) in [6.45, 7) is 0. The quantitative estimate of drug-likeness (QED) is 0.478. The molecule has 0 saturated carbocycles. The molecule has 0 radical (unpaired) electrons. The summed E-state index contributed by atoms with van der Waals surface area (Å²) in [5.41, 5.74) is 2.16. The Morgan fingerprint density at radius 1 is 0.941 bits per heavy atom. The molecular formula is C12H8INO3. The monoisotopic (exact) mass is 341 g/mol. The molecule has 4 nitrogen and oxygen atoms in total. The van der Waals surface area contributed by atoms with E-state index in [4.69, 9.17) is 3.17 Å². The van der Waals surface area contributed by atoms with E-state index in [2.05, 4.69) is 0 Å². The Bertz CT molecular complexity index is 554. The standard InChI is InChI=1S/C12H8INO3/c15-14(16)17-13-11-7-3-1-5-9(11)10-6-2-4-8-12(10)13/h1-8H. The Labute approximate surface area is 105 Å². The molecule has 5 heteroatoms. The van der Waals surface area contributed by atoms with Crippen molar-refractivity contribution in [1.29, 1.82) is 0 Å². The second-order valence-corrected chi connectivity index (χ2v) is 7.64. The maximum atomic E-state index is 10.6. The van der Waals surface area contributed by atoms with Crippen LogP contribution in [0.1, 0.15) is 0 Å². The van der Waals surface area contributed by atoms with Crippen LogP contribution in [0.15, 0.2) is 48.5 Å². The molecule has 3 rings (SSSR count). The summed E-state index contributed by atoms with van der Waals surface area (Å²) < 4.78 is 6.96. The summed E-state index contributed by atoms with van der Waals surface area (Å²) in [5.74, 6) is 0. The third-order valence-corrected chi connectivity index (χ3v) is 7.24. The van der Waals surface area contributed by atoms with Crippen LogP contribution >= 0.6 is 20.2 Å². The first-order valence-electron chi connectivity index (χ1n) is 4.98. The van der Waals surface area contributed by atoms with Crippen molar-refractivity contribution in [2.75, 3.05) is 0 Å². The molecule has 0 aliphatic carbocycles. The number of hydrogen-bond donors (Lipinski definition) is 0. The summed E-state index contributed by atoms with van der Waals surface area (Å²) in [4.78, 5) is 10.6. The van der Waals surface area contributed by atoms with Gasteiger partial charge in [-0.3, -0.25) is 0 Å². The molecule has 2 aromatic carbocycles. The average molecular weight is 341 g/mol. The molecule has 0 spiro atoms. The van der Waals surface area contributed by atoms with E-state index in [-0.39, 0.29) is 0 Å². The SMILES string of the molecule is O=[N+]([O-])OI1c2ccccc2-c2ccccc21. The van der Waals surface area contributed by atoms with Crippen LogP contribution < -0.4 is 0 Å². The first-order chi connectivity index (χ1) is 8.27. The molecule has 0 bridgehead atoms. The zero-order chi connectivity index (χ0) is 11.8. The molecule has 1 aliphatic rings. The van der Waals surface area contributed by atoms with Crippen molar-refractivity contribution in [2.45, 2.75) is 0 Å². The molecule has 2 aromatic rings. The number of fused-ring (bicyclic) bond motifs is 3. The topological polar surface area (TPSA) is 52.4 Å². The van der Waals surface area contributed by atoms with E-state index in [1.54, 1.807) is 0 Å². The van der Waals surface area contributed by atoms with Crippen LogP contribution in [0.2, 0.25) is 0 Å². The number of rotatable bonds is 2. The zero-order valence-electron chi connectivity index (χ0n) is 8.67. The van der Waals surface area contributed by atoms with Crippen LogP contribution in [0.4, 0.5) is 0 Å². The first kappa shape index (κ1) is 10.5. The number of halogens is 1. The van der Waals surface area contributed by atoms with Crippen molar-refractivity contribution in [3.8, 4) is 11.1 Å². The second kappa shape index (κ2) is 3.99. The Balaban J connectivity index is 2.20. The molecular weight excluding hydrogens is 333 g/mol. The third-order valence-electron chi connectivity index (χ3n) is 2.53. The summed E-state index contributed by atoms with van der Waals surface area (Å²) in [5, 5.41) is 9.93. The van der Waals surface area contributed by atoms with Gasteiger partial charge in [0.2, 0.25) is 0 Å². The van der Waals surface area contributed by atoms with Crippen molar-refractivity contribution in [3.63, 3.8) is 0 Å². The molecule has 1 heterocycles. The summed E-state index contributed by atoms with van der Waals surface area (Å²) in [6.07, 6.45) is 0. The number of benzene rings is 2. The minimum atomic E-state index is -2.33. The van der Waals surface area contributed by atoms with Crippen molar-refractivity contribution >= 4 is 20.2 Å². The average Bonchev–Trinajstić information content (AvgIpc) is 2.65. The molecule has 0 aromatic heterocycles. The zero-order valence-corrected chi connectivity index (χ0v) is 10.8. The van der Waals surface area contributed by atoms with Gasteiger partial charge >= 0.3 is 105 Å². The van der Waals surface area contributed by atoms with Gasteiger partial charge in [0.15, 0.2) is 0 Å². The van der Waals surface area contributed by atoms with Gasteiger partial charge in [0.25, 0.3) is 0 Å². The van der Waals surface area contributed by atoms with Gasteiger partial charge in [-0.15, -0.1) is 0 Å². The van der Waals surface area contributed by atoms with Gasteiger partial charge in [-0.2, -0.15) is 0 Å². The Morgan fingerprint density at radius 2 is 1.41 bits per heavy atom. The summed E-state index contributed by atoms with van der Waals surface area (Å²) in [7, 11) is 0. The number of nitrogens with zero attached hydrogens (tertiary/aromatic N) is 1. The molecule has 1 aliphatic heterocycles. The van der Waals surface area contributed by atoms with Crippen molar-refractivity contribution < 1.29 is 8.25 Å². The fraction of sp³-hybridized carbons (Fsp3) is 0. The van der Waals surface area contributed by atoms with E-state index in [0.29, 0.717) is 0 Å². The molecule has 0 amide bonds. The van der Waals surface area contributed by atoms with Crippen LogP contribution in [-0.4, -0.2) is 5.09 Å². The maximum absolute atomic E-state index is 10.6. The van der Waals surface area contributed by atoms with E-state index >= 15 is 0 Å². The van der Waals surface area contributed by atoms with E-state index in [1.807, 2.05) is 48.5 Å². The number of hydrogen-bond acceptors (Lipinski definition) is 3. The normalized spacial score (nSPS) is 14.0. The van der Waals surface area contributed by atoms with Crippen LogP contribution in [0, 0.1) is 17.3 Å². The molecule has 0 atom stereocenters. The first-order valence-corrected chi connectivity index (χ1v) is 8.02. The Morgan fingerprint density at radius 3 is 1.88 bits per heavy atom. The van der Waals surface area contributed by atoms with Gasteiger partial charge in [-0.25, -0.2) is 0 Å². The predicted octanol–water partition coefficient (Wildman–Crippen LogP) is 3.34. The molecule has 0 fully saturated rings. The van der Waals surface area contributed by atoms with E-state index in [9.17, 15) is 10.1 Å². The summed E-state index contributed by atoms with van der Waals surface area (Å²) >= 11 is -2.33. The van der Waals surface area contributed by atoms with Gasteiger partial charge < -0.3 is 0 Å². The van der Waals surface area contributed by atoms with Crippen molar-refractivity contribution in [3.05, 3.63) is 65.8 Å². The van der Waals surface area contributed by atoms with Crippen molar-refractivity contribution in [1.82, 2.24) is 0 Å². The van der Waals surface area contributed by atoms with Crippen LogP contribution in [-0.2, 0) is 3.17 Å². The fourth-order valence-corrected chi connectivity index (χ4v) is 6.34. The molecule has 0 unspecified atom stereocenters. The Hall–Kier alpha value is -1.63. The van der Waals surface area contributed by atoms with Crippen LogP contribution in [0.5, 0.6) is 0 Å². The van der Waals surface area contributed by atoms with Crippen molar-refractivity contribution in [2.24, 2.45) is 0 Å². The van der Waals surface area contributed by atoms with Gasteiger partial charge in [0.1, 0.15) is 0 Å². The predicted molar refractivity (Wildman–Crippen MR) is 71.4 cm³/mol.